The van der Waals surface area contributed by atoms with Crippen molar-refractivity contribution >= 4 is 15.9 Å². The lowest BCUT2D eigenvalue weighted by Crippen LogP contribution is -2.45. The third-order valence-corrected chi connectivity index (χ3v) is 3.93. The van der Waals surface area contributed by atoms with Crippen LogP contribution in [-0.2, 0) is 14.8 Å². The maximum atomic E-state index is 11.9. The largest absolute Gasteiger partial charge is 0.356 e. The molecule has 1 aliphatic heterocycles. The van der Waals surface area contributed by atoms with Crippen LogP contribution in [0.25, 0.3) is 0 Å². The van der Waals surface area contributed by atoms with Gasteiger partial charge in [0.1, 0.15) is 0 Å². The number of hydrogen-bond donors (Lipinski definition) is 2. The van der Waals surface area contributed by atoms with Crippen LogP contribution in [0.1, 0.15) is 14.3 Å². The number of hydrogen-bond acceptors (Lipinski definition) is 3. The van der Waals surface area contributed by atoms with Crippen molar-refractivity contribution in [2.45, 2.75) is 18.9 Å². The van der Waals surface area contributed by atoms with Crippen molar-refractivity contribution in [3.63, 3.8) is 0 Å². The Morgan fingerprint density at radius 2 is 2.24 bits per heavy atom. The second kappa shape index (κ2) is 5.79. The van der Waals surface area contributed by atoms with E-state index in [0.717, 1.165) is 0 Å². The van der Waals surface area contributed by atoms with E-state index < -0.39 is 10.0 Å². The Labute approximate surface area is 103 Å². The average Bonchev–Trinajstić information content (AvgIpc) is 2.24. The maximum absolute atomic E-state index is 11.9. The minimum atomic E-state index is -3.62. The highest BCUT2D eigenvalue weighted by Gasteiger charge is 2.24. The van der Waals surface area contributed by atoms with Gasteiger partial charge in [-0.25, -0.2) is 13.1 Å². The summed E-state index contributed by atoms with van der Waals surface area (Å²) in [5.74, 6) is -0.142. The standard InChI is InChI=1S/C11H16N2O3S.H2/c1-3-5-10(4-2)17(15,16)13-9-6-7-12-11(14)8-9;/h3-5,9,13H,1-2,6-8H2,(H,12,14);1H/b10-5+;. The van der Waals surface area contributed by atoms with E-state index in [4.69, 9.17) is 0 Å². The second-order valence-corrected chi connectivity index (χ2v) is 5.38. The highest BCUT2D eigenvalue weighted by atomic mass is 32.2. The third-order valence-electron chi connectivity index (χ3n) is 2.36. The van der Waals surface area contributed by atoms with Gasteiger partial charge in [-0.05, 0) is 18.6 Å². The third kappa shape index (κ3) is 3.83. The molecular weight excluding hydrogens is 240 g/mol. The Bertz CT molecular complexity index is 457. The molecule has 96 valence electrons. The van der Waals surface area contributed by atoms with Gasteiger partial charge in [-0.15, -0.1) is 0 Å². The molecule has 0 aliphatic carbocycles. The number of allylic oxidation sites excluding steroid dienone is 3. The molecule has 1 rings (SSSR count). The Hall–Kier alpha value is -1.40. The van der Waals surface area contributed by atoms with Crippen LogP contribution in [-0.4, -0.2) is 26.9 Å². The monoisotopic (exact) mass is 258 g/mol. The molecule has 0 aromatic carbocycles. The number of nitrogens with one attached hydrogen (secondary N) is 2. The summed E-state index contributed by atoms with van der Waals surface area (Å²) in [7, 11) is -3.62. The highest BCUT2D eigenvalue weighted by molar-refractivity contribution is 7.93. The van der Waals surface area contributed by atoms with Gasteiger partial charge in [0.25, 0.3) is 0 Å². The van der Waals surface area contributed by atoms with Crippen molar-refractivity contribution in [1.29, 1.82) is 0 Å². The minimum absolute atomic E-state index is 0. The van der Waals surface area contributed by atoms with E-state index in [1.807, 2.05) is 0 Å². The second-order valence-electron chi connectivity index (χ2n) is 3.67. The van der Waals surface area contributed by atoms with Crippen molar-refractivity contribution in [1.82, 2.24) is 10.0 Å². The number of sulfonamides is 1. The molecule has 0 aromatic heterocycles. The predicted molar refractivity (Wildman–Crippen MR) is 68.7 cm³/mol. The van der Waals surface area contributed by atoms with E-state index >= 15 is 0 Å². The van der Waals surface area contributed by atoms with Gasteiger partial charge in [0, 0.05) is 20.4 Å². The summed E-state index contributed by atoms with van der Waals surface area (Å²) in [6, 6.07) is -0.359. The molecule has 0 aromatic rings. The van der Waals surface area contributed by atoms with Crippen molar-refractivity contribution in [3.05, 3.63) is 36.3 Å². The maximum Gasteiger partial charge on any atom is 0.240 e. The van der Waals surface area contributed by atoms with Crippen LogP contribution in [0, 0.1) is 0 Å². The molecule has 17 heavy (non-hydrogen) atoms. The lowest BCUT2D eigenvalue weighted by Gasteiger charge is -2.23. The van der Waals surface area contributed by atoms with E-state index in [-0.39, 0.29) is 24.7 Å². The number of amides is 1. The molecule has 1 unspecified atom stereocenters. The average molecular weight is 258 g/mol. The lowest BCUT2D eigenvalue weighted by molar-refractivity contribution is -0.122. The Morgan fingerprint density at radius 1 is 1.53 bits per heavy atom. The zero-order valence-corrected chi connectivity index (χ0v) is 10.3. The molecule has 6 heteroatoms. The molecule has 1 heterocycles. The zero-order valence-electron chi connectivity index (χ0n) is 9.48. The lowest BCUT2D eigenvalue weighted by atomic mass is 10.1. The molecule has 1 amide bonds. The fourth-order valence-corrected chi connectivity index (χ4v) is 2.83. The van der Waals surface area contributed by atoms with E-state index in [9.17, 15) is 13.2 Å². The van der Waals surface area contributed by atoms with Gasteiger partial charge in [-0.1, -0.05) is 19.2 Å². The number of carbonyl (C=O) groups excluding carboxylic acids is 1. The van der Waals surface area contributed by atoms with Crippen molar-refractivity contribution in [3.8, 4) is 0 Å². The Kier molecular flexibility index (Phi) is 4.65. The summed E-state index contributed by atoms with van der Waals surface area (Å²) in [6.45, 7) is 7.37. The van der Waals surface area contributed by atoms with Gasteiger partial charge in [0.2, 0.25) is 15.9 Å². The predicted octanol–water partition coefficient (Wildman–Crippen LogP) is 0.686. The van der Waals surface area contributed by atoms with Crippen LogP contribution >= 0.6 is 0 Å². The fraction of sp³-hybridized carbons (Fsp3) is 0.364. The SMILES string of the molecule is C=C/C=C(\C=C)S(=O)(=O)NC1CCNC(=O)C1.[HH]. The first kappa shape index (κ1) is 13.7. The molecule has 0 spiro atoms. The van der Waals surface area contributed by atoms with Crippen LogP contribution in [0.5, 0.6) is 0 Å². The van der Waals surface area contributed by atoms with Crippen LogP contribution in [0.2, 0.25) is 0 Å². The minimum Gasteiger partial charge on any atom is -0.356 e. The number of rotatable bonds is 5. The Morgan fingerprint density at radius 3 is 2.76 bits per heavy atom. The molecule has 1 atom stereocenters. The van der Waals surface area contributed by atoms with E-state index in [1.54, 1.807) is 0 Å². The smallest absolute Gasteiger partial charge is 0.240 e. The van der Waals surface area contributed by atoms with Gasteiger partial charge < -0.3 is 5.32 Å². The Balaban J connectivity index is 0.00000289. The first-order valence-electron chi connectivity index (χ1n) is 5.24. The summed E-state index contributed by atoms with van der Waals surface area (Å²) in [6.07, 6.45) is 4.73. The summed E-state index contributed by atoms with van der Waals surface area (Å²) in [4.78, 5) is 11.2. The van der Waals surface area contributed by atoms with Gasteiger partial charge in [0.15, 0.2) is 0 Å². The van der Waals surface area contributed by atoms with Crippen molar-refractivity contribution in [2.24, 2.45) is 0 Å². The molecule has 1 aliphatic rings. The molecule has 1 fully saturated rings. The summed E-state index contributed by atoms with van der Waals surface area (Å²) in [5.41, 5.74) is 0. The molecule has 0 bridgehead atoms. The van der Waals surface area contributed by atoms with Gasteiger partial charge in [-0.3, -0.25) is 4.79 Å². The molecule has 5 nitrogen and oxygen atoms in total. The quantitative estimate of drug-likeness (QED) is 0.712. The molecule has 2 N–H and O–H groups in total. The van der Waals surface area contributed by atoms with E-state index in [0.29, 0.717) is 13.0 Å². The first-order chi connectivity index (χ1) is 7.99. The topological polar surface area (TPSA) is 75.3 Å². The fourth-order valence-electron chi connectivity index (χ4n) is 1.56. The number of piperidine rings is 1. The summed E-state index contributed by atoms with van der Waals surface area (Å²) >= 11 is 0. The van der Waals surface area contributed by atoms with E-state index in [1.165, 1.54) is 18.2 Å². The van der Waals surface area contributed by atoms with Gasteiger partial charge in [0.05, 0.1) is 4.91 Å². The normalized spacial score (nSPS) is 21.8. The summed E-state index contributed by atoms with van der Waals surface area (Å²) < 4.78 is 26.3. The van der Waals surface area contributed by atoms with Gasteiger partial charge in [-0.2, -0.15) is 0 Å². The molecule has 0 radical (unpaired) electrons. The van der Waals surface area contributed by atoms with Crippen LogP contribution < -0.4 is 10.0 Å². The molecule has 0 saturated carbocycles. The van der Waals surface area contributed by atoms with Crippen LogP contribution in [0.15, 0.2) is 36.3 Å². The first-order valence-corrected chi connectivity index (χ1v) is 6.72. The number of carbonyl (C=O) groups is 1. The highest BCUT2D eigenvalue weighted by Crippen LogP contribution is 2.11. The van der Waals surface area contributed by atoms with Crippen LogP contribution in [0.4, 0.5) is 0 Å². The zero-order chi connectivity index (χ0) is 12.9. The van der Waals surface area contributed by atoms with Crippen molar-refractivity contribution in [2.75, 3.05) is 6.54 Å². The van der Waals surface area contributed by atoms with Crippen LogP contribution in [0.3, 0.4) is 0 Å². The van der Waals surface area contributed by atoms with Gasteiger partial charge >= 0.3 is 0 Å². The molecule has 1 saturated heterocycles. The van der Waals surface area contributed by atoms with E-state index in [2.05, 4.69) is 23.2 Å². The molecular formula is C11H18N2O3S. The summed E-state index contributed by atoms with van der Waals surface area (Å²) in [5, 5.41) is 2.64. The van der Waals surface area contributed by atoms with Crippen molar-refractivity contribution < 1.29 is 14.6 Å².